The minimum absolute atomic E-state index is 0.0592. The second-order valence-electron chi connectivity index (χ2n) is 9.91. The highest BCUT2D eigenvalue weighted by Gasteiger charge is 2.35. The Bertz CT molecular complexity index is 1240. The Morgan fingerprint density at radius 3 is 2.66 bits per heavy atom. The lowest BCUT2D eigenvalue weighted by molar-refractivity contribution is -0.143. The van der Waals surface area contributed by atoms with E-state index in [9.17, 15) is 9.59 Å². The second kappa shape index (κ2) is 12.7. The topological polar surface area (TPSA) is 108 Å². The smallest absolute Gasteiger partial charge is 0.247 e. The summed E-state index contributed by atoms with van der Waals surface area (Å²) in [6.07, 6.45) is 2.42. The number of hydrogen-bond donors (Lipinski definition) is 1. The zero-order valence-electron chi connectivity index (χ0n) is 22.6. The van der Waals surface area contributed by atoms with Crippen LogP contribution in [0.1, 0.15) is 44.7 Å². The number of benzene rings is 2. The van der Waals surface area contributed by atoms with Gasteiger partial charge in [0.2, 0.25) is 11.8 Å². The summed E-state index contributed by atoms with van der Waals surface area (Å²) < 4.78 is 18.4. The first-order chi connectivity index (χ1) is 18.4. The van der Waals surface area contributed by atoms with Gasteiger partial charge in [-0.3, -0.25) is 9.59 Å². The molecule has 0 saturated carbocycles. The van der Waals surface area contributed by atoms with Gasteiger partial charge in [-0.25, -0.2) is 4.68 Å². The largest absolute Gasteiger partial charge is 0.493 e. The predicted octanol–water partition coefficient (Wildman–Crippen LogP) is 3.36. The molecule has 3 aromatic rings. The minimum Gasteiger partial charge on any atom is -0.493 e. The molecule has 38 heavy (non-hydrogen) atoms. The van der Waals surface area contributed by atoms with Gasteiger partial charge in [0.05, 0.1) is 25.8 Å². The van der Waals surface area contributed by atoms with Crippen LogP contribution in [0.25, 0.3) is 11.0 Å². The zero-order valence-corrected chi connectivity index (χ0v) is 22.6. The van der Waals surface area contributed by atoms with Crippen LogP contribution in [0.3, 0.4) is 0 Å². The van der Waals surface area contributed by atoms with Crippen molar-refractivity contribution < 1.29 is 23.8 Å². The Labute approximate surface area is 223 Å². The van der Waals surface area contributed by atoms with Gasteiger partial charge in [0, 0.05) is 19.7 Å². The fourth-order valence-corrected chi connectivity index (χ4v) is 4.69. The molecule has 0 spiro atoms. The Hall–Kier alpha value is -3.66. The summed E-state index contributed by atoms with van der Waals surface area (Å²) in [5.74, 6) is 0.945. The molecule has 1 saturated heterocycles. The number of carbonyl (C=O) groups excluding carboxylic acids is 2. The number of amides is 2. The van der Waals surface area contributed by atoms with Crippen molar-refractivity contribution in [3.8, 4) is 11.5 Å². The number of ether oxygens (including phenoxy) is 3. The average Bonchev–Trinajstić information content (AvgIpc) is 3.58. The number of methoxy groups -OCH3 is 2. The highest BCUT2D eigenvalue weighted by molar-refractivity contribution is 5.89. The van der Waals surface area contributed by atoms with Crippen molar-refractivity contribution in [3.05, 3.63) is 48.0 Å². The number of carbonyl (C=O) groups is 2. The van der Waals surface area contributed by atoms with Crippen LogP contribution in [-0.4, -0.2) is 71.7 Å². The maximum atomic E-state index is 14.0. The molecular formula is C28H37N5O5. The molecule has 10 heteroatoms. The maximum Gasteiger partial charge on any atom is 0.247 e. The van der Waals surface area contributed by atoms with Crippen molar-refractivity contribution >= 4 is 22.8 Å². The molecule has 10 nitrogen and oxygen atoms in total. The van der Waals surface area contributed by atoms with E-state index in [1.165, 1.54) is 0 Å². The fourth-order valence-electron chi connectivity index (χ4n) is 4.69. The number of nitrogens with one attached hydrogen (secondary N) is 1. The highest BCUT2D eigenvalue weighted by atomic mass is 16.5. The van der Waals surface area contributed by atoms with Crippen LogP contribution in [0.5, 0.6) is 11.5 Å². The molecule has 2 amide bonds. The fraction of sp³-hybridized carbons (Fsp3) is 0.500. The summed E-state index contributed by atoms with van der Waals surface area (Å²) in [5.41, 5.74) is 2.08. The summed E-state index contributed by atoms with van der Waals surface area (Å²) >= 11 is 0. The first kappa shape index (κ1) is 27.4. The third-order valence-corrected chi connectivity index (χ3v) is 6.75. The SMILES string of the molecule is COc1ccc(C(C(=O)NCCC(C)C)N(CC2CCCO2)C(=O)Cn2nnc3ccccc32)cc1OC. The van der Waals surface area contributed by atoms with E-state index >= 15 is 0 Å². The van der Waals surface area contributed by atoms with E-state index in [2.05, 4.69) is 29.5 Å². The molecular weight excluding hydrogens is 486 g/mol. The molecule has 2 atom stereocenters. The molecule has 1 fully saturated rings. The second-order valence-corrected chi connectivity index (χ2v) is 9.91. The number of para-hydroxylation sites is 1. The van der Waals surface area contributed by atoms with Gasteiger partial charge < -0.3 is 24.4 Å². The van der Waals surface area contributed by atoms with Crippen molar-refractivity contribution in [2.75, 3.05) is 33.9 Å². The highest BCUT2D eigenvalue weighted by Crippen LogP contribution is 2.33. The van der Waals surface area contributed by atoms with Gasteiger partial charge in [-0.2, -0.15) is 0 Å². The van der Waals surface area contributed by atoms with Crippen molar-refractivity contribution in [2.45, 2.75) is 51.8 Å². The molecule has 0 bridgehead atoms. The normalized spacial score (nSPS) is 16.0. The Kier molecular flexibility index (Phi) is 9.17. The first-order valence-electron chi connectivity index (χ1n) is 13.1. The van der Waals surface area contributed by atoms with Gasteiger partial charge >= 0.3 is 0 Å². The summed E-state index contributed by atoms with van der Waals surface area (Å²) in [5, 5.41) is 11.4. The van der Waals surface area contributed by atoms with Crippen LogP contribution in [0.4, 0.5) is 0 Å². The van der Waals surface area contributed by atoms with Crippen LogP contribution < -0.4 is 14.8 Å². The summed E-state index contributed by atoms with van der Waals surface area (Å²) in [6, 6.07) is 11.9. The molecule has 1 aliphatic heterocycles. The van der Waals surface area contributed by atoms with Crippen LogP contribution in [0.15, 0.2) is 42.5 Å². The molecule has 4 rings (SSSR count). The van der Waals surface area contributed by atoms with Crippen LogP contribution in [-0.2, 0) is 20.9 Å². The summed E-state index contributed by atoms with van der Waals surface area (Å²) in [4.78, 5) is 29.3. The first-order valence-corrected chi connectivity index (χ1v) is 13.1. The summed E-state index contributed by atoms with van der Waals surface area (Å²) in [7, 11) is 3.10. The predicted molar refractivity (Wildman–Crippen MR) is 143 cm³/mol. The van der Waals surface area contributed by atoms with E-state index in [1.54, 1.807) is 42.0 Å². The van der Waals surface area contributed by atoms with Crippen molar-refractivity contribution in [3.63, 3.8) is 0 Å². The Balaban J connectivity index is 1.71. The zero-order chi connectivity index (χ0) is 27.1. The molecule has 0 aliphatic carbocycles. The third-order valence-electron chi connectivity index (χ3n) is 6.75. The van der Waals surface area contributed by atoms with E-state index in [0.29, 0.717) is 41.6 Å². The minimum atomic E-state index is -0.895. The standard InChI is InChI=1S/C28H37N5O5/c1-19(2)13-14-29-28(35)27(20-11-12-24(36-3)25(16-20)37-4)32(17-21-8-7-15-38-21)26(34)18-33-23-10-6-5-9-22(23)30-31-33/h5-6,9-12,16,19,21,27H,7-8,13-15,17-18H2,1-4H3,(H,29,35). The lowest BCUT2D eigenvalue weighted by atomic mass is 10.0. The molecule has 2 heterocycles. The Morgan fingerprint density at radius 1 is 1.16 bits per heavy atom. The van der Waals surface area contributed by atoms with E-state index in [4.69, 9.17) is 14.2 Å². The number of rotatable bonds is 12. The molecule has 2 aromatic carbocycles. The van der Waals surface area contributed by atoms with Gasteiger partial charge in [0.15, 0.2) is 11.5 Å². The number of aromatic nitrogens is 3. The van der Waals surface area contributed by atoms with Gasteiger partial charge in [0.25, 0.3) is 0 Å². The average molecular weight is 524 g/mol. The number of nitrogens with zero attached hydrogens (tertiary/aromatic N) is 4. The van der Waals surface area contributed by atoms with E-state index in [0.717, 1.165) is 24.8 Å². The van der Waals surface area contributed by atoms with Gasteiger partial charge in [0.1, 0.15) is 18.1 Å². The van der Waals surface area contributed by atoms with Crippen LogP contribution in [0.2, 0.25) is 0 Å². The molecule has 2 unspecified atom stereocenters. The van der Waals surface area contributed by atoms with E-state index in [-0.39, 0.29) is 31.0 Å². The van der Waals surface area contributed by atoms with Crippen molar-refractivity contribution in [2.24, 2.45) is 5.92 Å². The lowest BCUT2D eigenvalue weighted by Gasteiger charge is -2.33. The maximum absolute atomic E-state index is 14.0. The van der Waals surface area contributed by atoms with Crippen molar-refractivity contribution in [1.82, 2.24) is 25.2 Å². The van der Waals surface area contributed by atoms with Crippen LogP contribution >= 0.6 is 0 Å². The van der Waals surface area contributed by atoms with Gasteiger partial charge in [-0.15, -0.1) is 5.10 Å². The van der Waals surface area contributed by atoms with Crippen LogP contribution in [0, 0.1) is 5.92 Å². The summed E-state index contributed by atoms with van der Waals surface area (Å²) in [6.45, 7) is 5.58. The molecule has 204 valence electrons. The van der Waals surface area contributed by atoms with Crippen molar-refractivity contribution in [1.29, 1.82) is 0 Å². The van der Waals surface area contributed by atoms with Gasteiger partial charge in [-0.05, 0) is 55.0 Å². The van der Waals surface area contributed by atoms with E-state index < -0.39 is 6.04 Å². The monoisotopic (exact) mass is 523 g/mol. The Morgan fingerprint density at radius 2 is 1.95 bits per heavy atom. The number of fused-ring (bicyclic) bond motifs is 1. The molecule has 1 N–H and O–H groups in total. The van der Waals surface area contributed by atoms with Gasteiger partial charge in [-0.1, -0.05) is 37.3 Å². The van der Waals surface area contributed by atoms with E-state index in [1.807, 2.05) is 24.3 Å². The third kappa shape index (κ3) is 6.42. The molecule has 1 aromatic heterocycles. The molecule has 0 radical (unpaired) electrons. The molecule has 1 aliphatic rings. The quantitative estimate of drug-likeness (QED) is 0.388. The lowest BCUT2D eigenvalue weighted by Crippen LogP contribution is -2.48. The number of hydrogen-bond acceptors (Lipinski definition) is 7.